The SMILES string of the molecule is CCCC[C@H](O)/C=C\C/C=C\C/C=C\C/C=C\CCCC(=O)OC[C@H](COP(=O)(O)OP(=O)(O)OC[C@H]1O[C@@H](n2ccc(N)nc2=O)[C@H](O)[C@@H]1O)OC(=O)CCCCCCCCCCCCC(C)CC. The van der Waals surface area contributed by atoms with Crippen molar-refractivity contribution in [1.29, 1.82) is 0 Å². The van der Waals surface area contributed by atoms with Crippen molar-refractivity contribution < 1.29 is 71.4 Å². The predicted molar refractivity (Wildman–Crippen MR) is 267 cm³/mol. The maximum Gasteiger partial charge on any atom is 0.481 e. The van der Waals surface area contributed by atoms with Crippen molar-refractivity contribution in [2.24, 2.45) is 5.92 Å². The summed E-state index contributed by atoms with van der Waals surface area (Å²) in [6.45, 7) is 4.25. The molecule has 21 heteroatoms. The first-order valence-electron chi connectivity index (χ1n) is 25.1. The number of aromatic nitrogens is 2. The summed E-state index contributed by atoms with van der Waals surface area (Å²) in [5, 5.41) is 30.7. The van der Waals surface area contributed by atoms with E-state index in [-0.39, 0.29) is 24.8 Å². The van der Waals surface area contributed by atoms with Gasteiger partial charge in [0, 0.05) is 19.0 Å². The molecular formula is C49H83N3O16P2. The normalized spacial score (nSPS) is 20.6. The number of aliphatic hydroxyl groups is 3. The number of esters is 2. The molecule has 0 aromatic carbocycles. The number of rotatable bonds is 40. The number of hydrogen-bond donors (Lipinski definition) is 6. The van der Waals surface area contributed by atoms with Crippen LogP contribution in [0.2, 0.25) is 0 Å². The molecule has 2 rings (SSSR count). The number of nitrogens with zero attached hydrogens (tertiary/aromatic N) is 2. The zero-order valence-corrected chi connectivity index (χ0v) is 43.4. The number of phosphoric ester groups is 2. The first-order chi connectivity index (χ1) is 33.5. The number of unbranched alkanes of at least 4 members (excludes halogenated alkanes) is 11. The van der Waals surface area contributed by atoms with E-state index in [0.29, 0.717) is 19.3 Å². The van der Waals surface area contributed by atoms with Crippen LogP contribution in [0, 0.1) is 5.92 Å². The minimum Gasteiger partial charge on any atom is -0.462 e. The number of carbonyl (C=O) groups excluding carboxylic acids is 2. The van der Waals surface area contributed by atoms with Crippen LogP contribution in [-0.2, 0) is 46.3 Å². The van der Waals surface area contributed by atoms with Crippen molar-refractivity contribution in [2.75, 3.05) is 25.6 Å². The number of phosphoric acid groups is 2. The Morgan fingerprint density at radius 2 is 1.37 bits per heavy atom. The third-order valence-electron chi connectivity index (χ3n) is 11.5. The molecule has 9 atom stereocenters. The van der Waals surface area contributed by atoms with Crippen LogP contribution in [0.15, 0.2) is 65.7 Å². The lowest BCUT2D eigenvalue weighted by atomic mass is 9.99. The fourth-order valence-corrected chi connectivity index (χ4v) is 9.29. The second kappa shape index (κ2) is 36.6. The molecule has 70 heavy (non-hydrogen) atoms. The Labute approximate surface area is 414 Å². The summed E-state index contributed by atoms with van der Waals surface area (Å²) in [5.74, 6) is -0.599. The van der Waals surface area contributed by atoms with Gasteiger partial charge in [-0.15, -0.1) is 0 Å². The van der Waals surface area contributed by atoms with Crippen LogP contribution in [0.25, 0.3) is 0 Å². The van der Waals surface area contributed by atoms with E-state index in [4.69, 9.17) is 29.0 Å². The minimum atomic E-state index is -5.44. The van der Waals surface area contributed by atoms with Crippen LogP contribution in [0.4, 0.5) is 5.82 Å². The van der Waals surface area contributed by atoms with Crippen LogP contribution in [-0.4, -0.2) is 96.9 Å². The largest absolute Gasteiger partial charge is 0.481 e. The molecule has 1 aromatic heterocycles. The van der Waals surface area contributed by atoms with Gasteiger partial charge in [-0.3, -0.25) is 23.2 Å². The van der Waals surface area contributed by atoms with E-state index in [1.807, 2.05) is 30.4 Å². The molecule has 0 aliphatic carbocycles. The lowest BCUT2D eigenvalue weighted by Crippen LogP contribution is -2.36. The highest BCUT2D eigenvalue weighted by molar-refractivity contribution is 7.61. The van der Waals surface area contributed by atoms with Gasteiger partial charge in [0.15, 0.2) is 12.3 Å². The van der Waals surface area contributed by atoms with E-state index < -0.39 is 83.7 Å². The predicted octanol–water partition coefficient (Wildman–Crippen LogP) is 8.99. The minimum absolute atomic E-state index is 0.0303. The lowest BCUT2D eigenvalue weighted by molar-refractivity contribution is -0.161. The monoisotopic (exact) mass is 1030 g/mol. The van der Waals surface area contributed by atoms with Crippen LogP contribution < -0.4 is 11.4 Å². The van der Waals surface area contributed by atoms with Gasteiger partial charge in [0.25, 0.3) is 0 Å². The van der Waals surface area contributed by atoms with E-state index in [1.54, 1.807) is 0 Å². The molecule has 0 bridgehead atoms. The zero-order chi connectivity index (χ0) is 51.6. The number of ether oxygens (including phenoxy) is 3. The number of anilines is 1. The maximum absolute atomic E-state index is 12.8. The average Bonchev–Trinajstić information content (AvgIpc) is 3.59. The third-order valence-corrected chi connectivity index (χ3v) is 14.1. The number of carbonyl (C=O) groups is 2. The summed E-state index contributed by atoms with van der Waals surface area (Å²) < 4.78 is 56.7. The molecule has 1 aliphatic rings. The van der Waals surface area contributed by atoms with Gasteiger partial charge in [-0.25, -0.2) is 13.9 Å². The van der Waals surface area contributed by atoms with Crippen LogP contribution >= 0.6 is 15.6 Å². The van der Waals surface area contributed by atoms with Gasteiger partial charge in [0.2, 0.25) is 0 Å². The van der Waals surface area contributed by atoms with Crippen molar-refractivity contribution in [3.8, 4) is 0 Å². The second-order valence-corrected chi connectivity index (χ2v) is 20.8. The molecule has 1 aliphatic heterocycles. The highest BCUT2D eigenvalue weighted by atomic mass is 31.3. The van der Waals surface area contributed by atoms with E-state index in [2.05, 4.69) is 48.3 Å². The molecule has 2 heterocycles. The van der Waals surface area contributed by atoms with Gasteiger partial charge >= 0.3 is 33.3 Å². The highest BCUT2D eigenvalue weighted by Gasteiger charge is 2.46. The zero-order valence-electron chi connectivity index (χ0n) is 41.6. The van der Waals surface area contributed by atoms with E-state index in [1.165, 1.54) is 51.0 Å². The van der Waals surface area contributed by atoms with Crippen molar-refractivity contribution in [3.63, 3.8) is 0 Å². The molecule has 1 fully saturated rings. The lowest BCUT2D eigenvalue weighted by Gasteiger charge is -2.21. The second-order valence-electron chi connectivity index (χ2n) is 17.7. The summed E-state index contributed by atoms with van der Waals surface area (Å²) in [6.07, 6.45) is 28.3. The van der Waals surface area contributed by atoms with Crippen molar-refractivity contribution >= 4 is 33.4 Å². The van der Waals surface area contributed by atoms with E-state index in [0.717, 1.165) is 80.9 Å². The fraction of sp³-hybridized carbons (Fsp3) is 0.714. The molecule has 0 amide bonds. The van der Waals surface area contributed by atoms with Gasteiger partial charge in [-0.1, -0.05) is 153 Å². The Kier molecular flexibility index (Phi) is 32.8. The Bertz CT molecular complexity index is 1890. The maximum atomic E-state index is 12.8. The first kappa shape index (κ1) is 62.8. The topological polar surface area (TPSA) is 286 Å². The van der Waals surface area contributed by atoms with Crippen molar-refractivity contribution in [3.05, 3.63) is 71.4 Å². The summed E-state index contributed by atoms with van der Waals surface area (Å²) in [7, 11) is -10.9. The summed E-state index contributed by atoms with van der Waals surface area (Å²) in [5.41, 5.74) is 4.58. The number of hydrogen-bond acceptors (Lipinski definition) is 16. The van der Waals surface area contributed by atoms with Crippen LogP contribution in [0.1, 0.15) is 168 Å². The molecule has 0 saturated carbocycles. The average molecular weight is 1030 g/mol. The quantitative estimate of drug-likeness (QED) is 0.0155. The molecule has 1 saturated heterocycles. The van der Waals surface area contributed by atoms with Crippen LogP contribution in [0.5, 0.6) is 0 Å². The molecule has 3 unspecified atom stereocenters. The van der Waals surface area contributed by atoms with Gasteiger partial charge in [-0.05, 0) is 56.9 Å². The van der Waals surface area contributed by atoms with E-state index in [9.17, 15) is 48.6 Å². The smallest absolute Gasteiger partial charge is 0.462 e. The van der Waals surface area contributed by atoms with Crippen molar-refractivity contribution in [1.82, 2.24) is 9.55 Å². The van der Waals surface area contributed by atoms with Gasteiger partial charge in [0.1, 0.15) is 30.7 Å². The number of aliphatic hydroxyl groups excluding tert-OH is 3. The molecule has 7 N–H and O–H groups in total. The Morgan fingerprint density at radius 3 is 2.00 bits per heavy atom. The molecule has 19 nitrogen and oxygen atoms in total. The standard InChI is InChI=1S/C49H83N3O16P2/c1-4-6-30-40(53)31-26-22-18-14-9-7-8-10-15-19-23-27-32-44(54)63-36-41(66-45(55)33-28-24-20-16-12-11-13-17-21-25-29-39(3)5-2)37-64-69(59,60)68-70(61,62)65-38-42-46(56)47(57)48(67-42)52-35-34-43(50)51-49(52)58/h7-8,14-15,18-19,26,31,34-35,39-42,46-48,53,56-57H,4-6,9-13,16-17,20-25,27-30,32-33,36-38H2,1-3H3,(H,59,60)(H,61,62)(H2,50,51,58)/b8-7-,18-14-,19-15-,31-26-/t39?,40-,41+,42+,46+,47+,48+/m0/s1. The summed E-state index contributed by atoms with van der Waals surface area (Å²) in [4.78, 5) is 61.8. The van der Waals surface area contributed by atoms with Gasteiger partial charge in [-0.2, -0.15) is 9.29 Å². The number of allylic oxidation sites excluding steroid dienone is 7. The number of nitrogen functional groups attached to an aromatic ring is 1. The molecule has 1 aromatic rings. The Balaban J connectivity index is 1.84. The summed E-state index contributed by atoms with van der Waals surface area (Å²) >= 11 is 0. The third kappa shape index (κ3) is 29.3. The fourth-order valence-electron chi connectivity index (χ4n) is 7.18. The van der Waals surface area contributed by atoms with Gasteiger partial charge < -0.3 is 45.1 Å². The highest BCUT2D eigenvalue weighted by Crippen LogP contribution is 2.60. The molecular weight excluding hydrogens is 948 g/mol. The molecule has 400 valence electrons. The van der Waals surface area contributed by atoms with Gasteiger partial charge in [0.05, 0.1) is 19.3 Å². The molecule has 0 spiro atoms. The summed E-state index contributed by atoms with van der Waals surface area (Å²) in [6, 6.07) is 1.24. The first-order valence-corrected chi connectivity index (χ1v) is 28.1. The molecule has 0 radical (unpaired) electrons. The Morgan fingerprint density at radius 1 is 0.786 bits per heavy atom. The Hall–Kier alpha value is -3.32. The van der Waals surface area contributed by atoms with Crippen LogP contribution in [0.3, 0.4) is 0 Å². The van der Waals surface area contributed by atoms with E-state index >= 15 is 0 Å². The van der Waals surface area contributed by atoms with Crippen molar-refractivity contribution in [2.45, 2.75) is 199 Å². The number of nitrogens with two attached hydrogens (primary N) is 1.